The summed E-state index contributed by atoms with van der Waals surface area (Å²) in [5, 5.41) is 19.4. The zero-order valence-corrected chi connectivity index (χ0v) is 48.2. The number of nitrogens with zero attached hydrogens (tertiary/aromatic N) is 2. The lowest BCUT2D eigenvalue weighted by molar-refractivity contribution is -0.143. The zero-order valence-electron chi connectivity index (χ0n) is 48.2. The molecule has 438 valence electrons. The zero-order chi connectivity index (χ0) is 57.6. The lowest BCUT2D eigenvalue weighted by atomic mass is 9.83. The first kappa shape index (κ1) is 60.8. The van der Waals surface area contributed by atoms with Gasteiger partial charge in [0.15, 0.2) is 0 Å². The highest BCUT2D eigenvalue weighted by molar-refractivity contribution is 5.99. The predicted molar refractivity (Wildman–Crippen MR) is 317 cm³/mol. The first-order valence-corrected chi connectivity index (χ1v) is 29.3. The number of phenols is 1. The average molecular weight is 1120 g/mol. The van der Waals surface area contributed by atoms with Crippen LogP contribution in [0.15, 0.2) is 127 Å². The second-order valence-electron chi connectivity index (χ2n) is 21.4. The molecular weight excluding hydrogens is 1040 g/mol. The molecule has 0 bridgehead atoms. The van der Waals surface area contributed by atoms with E-state index in [2.05, 4.69) is 47.1 Å². The van der Waals surface area contributed by atoms with Crippen molar-refractivity contribution >= 4 is 34.8 Å². The van der Waals surface area contributed by atoms with Crippen molar-refractivity contribution in [2.24, 2.45) is 5.92 Å². The summed E-state index contributed by atoms with van der Waals surface area (Å²) in [5.41, 5.74) is 7.82. The van der Waals surface area contributed by atoms with Crippen molar-refractivity contribution in [1.82, 2.24) is 25.8 Å². The van der Waals surface area contributed by atoms with Gasteiger partial charge in [-0.05, 0) is 134 Å². The van der Waals surface area contributed by atoms with Gasteiger partial charge in [0.05, 0.1) is 58.2 Å². The molecule has 1 saturated carbocycles. The standard InChI is InChI=1S/C66H83N5O11/c1-5-57(47-16-8-6-9-17-47)62(49-26-30-52(72)31-27-49)50-28-32-53(33-29-50)80-35-34-70(4)61(73)45-79-39-38-77-36-37-78-40-41-81-54-22-15-23-55(42-54)82-56-43-60(65(75)68-59-25-14-21-48-18-12-13-24-58(48)59)71(44-56)66(76)63(51-19-10-7-11-20-51)69-64(74)46(2)67-3/h6,8-9,12-13,15-18,22-24,26-33,42,46,51,56,59-60,63,67,72H,5,7,10-11,14,19-21,25,34-41,43-45H2,1-4H3,(H,68,75)(H,69,74). The summed E-state index contributed by atoms with van der Waals surface area (Å²) >= 11 is 0. The number of hydrogen-bond acceptors (Lipinski definition) is 12. The third-order valence-corrected chi connectivity index (χ3v) is 15.8. The normalized spacial score (nSPS) is 18.1. The number of likely N-dealkylation sites (N-methyl/N-ethyl adjacent to an activating group) is 2. The van der Waals surface area contributed by atoms with Crippen LogP contribution >= 0.6 is 0 Å². The first-order chi connectivity index (χ1) is 40.0. The molecular formula is C66H83N5O11. The number of nitrogens with one attached hydrogen (secondary N) is 3. The number of phenolic OH excluding ortho intramolecular Hbond substituents is 1. The maximum atomic E-state index is 14.8. The first-order valence-electron chi connectivity index (χ1n) is 29.3. The van der Waals surface area contributed by atoms with Gasteiger partial charge in [-0.3, -0.25) is 19.2 Å². The molecule has 1 aliphatic heterocycles. The Balaban J connectivity index is 0.731. The Morgan fingerprint density at radius 1 is 0.695 bits per heavy atom. The van der Waals surface area contributed by atoms with Crippen LogP contribution in [0, 0.1) is 5.92 Å². The fourth-order valence-electron chi connectivity index (χ4n) is 11.2. The maximum Gasteiger partial charge on any atom is 0.248 e. The molecule has 1 saturated heterocycles. The van der Waals surface area contributed by atoms with E-state index in [1.54, 1.807) is 49.0 Å². The number of fused-ring (bicyclic) bond motifs is 1. The van der Waals surface area contributed by atoms with E-state index in [0.717, 1.165) is 85.6 Å². The lowest BCUT2D eigenvalue weighted by Crippen LogP contribution is -2.58. The van der Waals surface area contributed by atoms with Crippen molar-refractivity contribution in [2.45, 2.75) is 108 Å². The summed E-state index contributed by atoms with van der Waals surface area (Å²) in [4.78, 5) is 58.5. The number of carbonyl (C=O) groups is 4. The summed E-state index contributed by atoms with van der Waals surface area (Å²) < 4.78 is 35.6. The minimum Gasteiger partial charge on any atom is -0.508 e. The van der Waals surface area contributed by atoms with Gasteiger partial charge >= 0.3 is 0 Å². The molecule has 5 aromatic rings. The molecule has 3 aliphatic rings. The Hall–Kier alpha value is -7.24. The molecule has 16 nitrogen and oxygen atoms in total. The van der Waals surface area contributed by atoms with Gasteiger partial charge in [-0.1, -0.05) is 111 Å². The highest BCUT2D eigenvalue weighted by Crippen LogP contribution is 2.37. The molecule has 0 radical (unpaired) electrons. The van der Waals surface area contributed by atoms with Gasteiger partial charge in [-0.25, -0.2) is 0 Å². The Bertz CT molecular complexity index is 2860. The number of rotatable bonds is 29. The fraction of sp³-hybridized carbons (Fsp3) is 0.455. The maximum absolute atomic E-state index is 14.8. The highest BCUT2D eigenvalue weighted by Gasteiger charge is 2.45. The summed E-state index contributed by atoms with van der Waals surface area (Å²) in [7, 11) is 3.44. The Morgan fingerprint density at radius 2 is 1.35 bits per heavy atom. The number of ether oxygens (including phenoxy) is 6. The SMILES string of the molecule is CCC(=C(c1ccc(O)cc1)c1ccc(OCCN(C)C(=O)COCCOCCOCCOc2cccc(OC3CC(C(=O)NC4CCCc5ccccc54)N(C(=O)C(NC(=O)C(C)NC)C4CCCCC4)C3)c2)cc1)c1ccccc1. The minimum atomic E-state index is -0.784. The van der Waals surface area contributed by atoms with E-state index in [1.165, 1.54) is 11.1 Å². The molecule has 4 N–H and O–H groups in total. The van der Waals surface area contributed by atoms with Crippen LogP contribution in [0.25, 0.3) is 11.1 Å². The number of aromatic hydroxyl groups is 1. The number of aryl methyl sites for hydroxylation is 1. The smallest absolute Gasteiger partial charge is 0.248 e. The van der Waals surface area contributed by atoms with Crippen molar-refractivity contribution in [3.63, 3.8) is 0 Å². The molecule has 1 heterocycles. The van der Waals surface area contributed by atoms with Crippen LogP contribution in [0.4, 0.5) is 0 Å². The molecule has 8 rings (SSSR count). The highest BCUT2D eigenvalue weighted by atomic mass is 16.6. The molecule has 82 heavy (non-hydrogen) atoms. The van der Waals surface area contributed by atoms with Crippen molar-refractivity contribution in [3.05, 3.63) is 155 Å². The summed E-state index contributed by atoms with van der Waals surface area (Å²) in [6, 6.07) is 38.9. The van der Waals surface area contributed by atoms with Crippen molar-refractivity contribution < 1.29 is 52.7 Å². The second-order valence-corrected chi connectivity index (χ2v) is 21.4. The van der Waals surface area contributed by atoms with Gasteiger partial charge in [-0.2, -0.15) is 0 Å². The fourth-order valence-corrected chi connectivity index (χ4v) is 11.2. The van der Waals surface area contributed by atoms with Gasteiger partial charge < -0.3 is 59.3 Å². The average Bonchev–Trinajstić information content (AvgIpc) is 4.16. The third kappa shape index (κ3) is 17.2. The van der Waals surface area contributed by atoms with Crippen LogP contribution in [0.3, 0.4) is 0 Å². The minimum absolute atomic E-state index is 0.0278. The van der Waals surface area contributed by atoms with Crippen LogP contribution in [0.2, 0.25) is 0 Å². The summed E-state index contributed by atoms with van der Waals surface area (Å²) in [6.45, 7) is 6.59. The van der Waals surface area contributed by atoms with Crippen LogP contribution in [-0.4, -0.2) is 143 Å². The van der Waals surface area contributed by atoms with Crippen LogP contribution in [0.1, 0.15) is 105 Å². The van der Waals surface area contributed by atoms with E-state index >= 15 is 0 Å². The summed E-state index contributed by atoms with van der Waals surface area (Å²) in [5.74, 6) is 1.15. The van der Waals surface area contributed by atoms with Crippen molar-refractivity contribution in [1.29, 1.82) is 0 Å². The van der Waals surface area contributed by atoms with Crippen molar-refractivity contribution in [2.75, 3.05) is 80.0 Å². The number of carbonyl (C=O) groups excluding carboxylic acids is 4. The number of hydrogen-bond donors (Lipinski definition) is 4. The van der Waals surface area contributed by atoms with Gasteiger partial charge in [0.1, 0.15) is 61.0 Å². The third-order valence-electron chi connectivity index (χ3n) is 15.8. The summed E-state index contributed by atoms with van der Waals surface area (Å²) in [6.07, 6.45) is 8.10. The Kier molecular flexibility index (Phi) is 23.2. The quantitative estimate of drug-likeness (QED) is 0.0264. The Labute approximate surface area is 483 Å². The molecule has 5 atom stereocenters. The Morgan fingerprint density at radius 3 is 2.07 bits per heavy atom. The monoisotopic (exact) mass is 1120 g/mol. The van der Waals surface area contributed by atoms with Gasteiger partial charge in [0.2, 0.25) is 23.6 Å². The molecule has 5 aromatic carbocycles. The van der Waals surface area contributed by atoms with E-state index in [4.69, 9.17) is 28.4 Å². The van der Waals surface area contributed by atoms with E-state index < -0.39 is 24.2 Å². The van der Waals surface area contributed by atoms with Crippen LogP contribution in [-0.2, 0) is 39.8 Å². The van der Waals surface area contributed by atoms with Crippen molar-refractivity contribution in [3.8, 4) is 23.0 Å². The van der Waals surface area contributed by atoms with Crippen LogP contribution in [0.5, 0.6) is 23.0 Å². The predicted octanol–water partition coefficient (Wildman–Crippen LogP) is 8.94. The van der Waals surface area contributed by atoms with Gasteiger partial charge in [0, 0.05) is 19.5 Å². The van der Waals surface area contributed by atoms with Crippen LogP contribution < -0.4 is 30.2 Å². The van der Waals surface area contributed by atoms with E-state index in [-0.39, 0.29) is 67.7 Å². The molecule has 2 fully saturated rings. The second kappa shape index (κ2) is 31.3. The molecule has 16 heteroatoms. The number of amides is 4. The molecule has 5 unspecified atom stereocenters. The topological polar surface area (TPSA) is 186 Å². The van der Waals surface area contributed by atoms with Gasteiger partial charge in [0.25, 0.3) is 0 Å². The molecule has 0 aromatic heterocycles. The van der Waals surface area contributed by atoms with E-state index in [0.29, 0.717) is 63.2 Å². The number of allylic oxidation sites excluding steroid dienone is 1. The number of benzene rings is 5. The number of likely N-dealkylation sites (tertiary alicyclic amines) is 1. The lowest BCUT2D eigenvalue weighted by Gasteiger charge is -2.35. The molecule has 2 aliphatic carbocycles. The largest absolute Gasteiger partial charge is 0.508 e. The van der Waals surface area contributed by atoms with Gasteiger partial charge in [-0.15, -0.1) is 0 Å². The molecule has 4 amide bonds. The molecule has 0 spiro atoms. The van der Waals surface area contributed by atoms with E-state index in [1.807, 2.05) is 84.9 Å². The van der Waals surface area contributed by atoms with E-state index in [9.17, 15) is 24.3 Å².